The molecule has 1 saturated heterocycles. The third-order valence-corrected chi connectivity index (χ3v) is 5.10. The molecule has 1 saturated carbocycles. The lowest BCUT2D eigenvalue weighted by atomic mass is 9.90. The number of morpholine rings is 1. The van der Waals surface area contributed by atoms with Crippen LogP contribution in [0.2, 0.25) is 0 Å². The van der Waals surface area contributed by atoms with Crippen molar-refractivity contribution in [2.75, 3.05) is 13.2 Å². The molecule has 1 aromatic carbocycles. The number of hydrogen-bond acceptors (Lipinski definition) is 5. The summed E-state index contributed by atoms with van der Waals surface area (Å²) in [4.78, 5) is 6.60. The lowest BCUT2D eigenvalue weighted by Crippen LogP contribution is -2.52. The zero-order chi connectivity index (χ0) is 18.1. The van der Waals surface area contributed by atoms with E-state index in [0.29, 0.717) is 30.6 Å². The predicted octanol–water partition coefficient (Wildman–Crippen LogP) is 3.90. The number of halogens is 3. The minimum atomic E-state index is -4.40. The Hall–Kier alpha value is -1.93. The highest BCUT2D eigenvalue weighted by molar-refractivity contribution is 5.55. The zero-order valence-electron chi connectivity index (χ0n) is 14.2. The Labute approximate surface area is 149 Å². The highest BCUT2D eigenvalue weighted by Gasteiger charge is 2.35. The molecule has 26 heavy (non-hydrogen) atoms. The smallest absolute Gasteiger partial charge is 0.375 e. The van der Waals surface area contributed by atoms with Crippen LogP contribution in [0.25, 0.3) is 11.4 Å². The molecule has 1 aliphatic carbocycles. The molecule has 0 bridgehead atoms. The van der Waals surface area contributed by atoms with Gasteiger partial charge in [-0.15, -0.1) is 0 Å². The number of benzene rings is 1. The molecule has 2 fully saturated rings. The number of rotatable bonds is 3. The number of hydrogen-bond donors (Lipinski definition) is 0. The average molecular weight is 367 g/mol. The summed E-state index contributed by atoms with van der Waals surface area (Å²) < 4.78 is 49.8. The van der Waals surface area contributed by atoms with Gasteiger partial charge in [-0.05, 0) is 25.0 Å². The van der Waals surface area contributed by atoms with Crippen molar-refractivity contribution < 1.29 is 22.4 Å². The third-order valence-electron chi connectivity index (χ3n) is 5.10. The molecule has 0 N–H and O–H groups in total. The van der Waals surface area contributed by atoms with Crippen molar-refractivity contribution in [2.45, 2.75) is 50.6 Å². The fraction of sp³-hybridized carbons (Fsp3) is 0.556. The van der Waals surface area contributed by atoms with Gasteiger partial charge in [0.25, 0.3) is 0 Å². The largest absolute Gasteiger partial charge is 0.416 e. The molecule has 1 aliphatic heterocycles. The molecular formula is C18H20F3N3O2. The number of fused-ring (bicyclic) bond motifs is 1. The monoisotopic (exact) mass is 367 g/mol. The summed E-state index contributed by atoms with van der Waals surface area (Å²) in [5, 5.41) is 3.87. The van der Waals surface area contributed by atoms with E-state index >= 15 is 0 Å². The lowest BCUT2D eigenvalue weighted by molar-refractivity contribution is -0.137. The van der Waals surface area contributed by atoms with Gasteiger partial charge in [0.15, 0.2) is 0 Å². The van der Waals surface area contributed by atoms with Gasteiger partial charge in [0.05, 0.1) is 24.8 Å². The minimum absolute atomic E-state index is 0.180. The van der Waals surface area contributed by atoms with Crippen LogP contribution in [-0.2, 0) is 17.5 Å². The van der Waals surface area contributed by atoms with Gasteiger partial charge in [-0.25, -0.2) is 0 Å². The van der Waals surface area contributed by atoms with E-state index in [9.17, 15) is 13.2 Å². The molecule has 140 valence electrons. The zero-order valence-corrected chi connectivity index (χ0v) is 14.2. The van der Waals surface area contributed by atoms with Crippen LogP contribution in [0.3, 0.4) is 0 Å². The summed E-state index contributed by atoms with van der Waals surface area (Å²) in [7, 11) is 0. The standard InChI is InChI=1S/C18H20F3N3O2/c19-18(20,21)13-5-3-4-12(10-13)17-22-16(26-23-17)11-24-8-9-25-15-7-2-1-6-14(15)24/h3-5,10,14-15H,1-2,6-9,11H2/t14-,15-/m1/s1. The van der Waals surface area contributed by atoms with E-state index in [0.717, 1.165) is 31.5 Å². The molecule has 1 aromatic heterocycles. The SMILES string of the molecule is FC(F)(F)c1cccc(-c2noc(CN3CCO[C@@H]4CCCC[C@H]43)n2)c1. The molecule has 2 heterocycles. The van der Waals surface area contributed by atoms with Crippen LogP contribution in [0, 0.1) is 0 Å². The van der Waals surface area contributed by atoms with Gasteiger partial charge in [0, 0.05) is 18.2 Å². The highest BCUT2D eigenvalue weighted by Crippen LogP contribution is 2.32. The maximum absolute atomic E-state index is 12.9. The van der Waals surface area contributed by atoms with Gasteiger partial charge in [-0.3, -0.25) is 4.90 Å². The molecule has 2 aromatic rings. The quantitative estimate of drug-likeness (QED) is 0.824. The summed E-state index contributed by atoms with van der Waals surface area (Å²) in [6.07, 6.45) is 0.380. The summed E-state index contributed by atoms with van der Waals surface area (Å²) >= 11 is 0. The highest BCUT2D eigenvalue weighted by atomic mass is 19.4. The van der Waals surface area contributed by atoms with Crippen LogP contribution in [-0.4, -0.2) is 40.3 Å². The van der Waals surface area contributed by atoms with Crippen molar-refractivity contribution >= 4 is 0 Å². The van der Waals surface area contributed by atoms with Crippen LogP contribution >= 0.6 is 0 Å². The van der Waals surface area contributed by atoms with Crippen molar-refractivity contribution in [1.29, 1.82) is 0 Å². The molecule has 0 radical (unpaired) electrons. The van der Waals surface area contributed by atoms with Gasteiger partial charge < -0.3 is 9.26 Å². The maximum atomic E-state index is 12.9. The van der Waals surface area contributed by atoms with E-state index in [1.54, 1.807) is 6.07 Å². The van der Waals surface area contributed by atoms with Gasteiger partial charge in [-0.2, -0.15) is 18.2 Å². The van der Waals surface area contributed by atoms with Crippen LogP contribution in [0.5, 0.6) is 0 Å². The first kappa shape index (κ1) is 17.5. The Kier molecular flexibility index (Phi) is 4.71. The normalized spacial score (nSPS) is 24.4. The summed E-state index contributed by atoms with van der Waals surface area (Å²) in [5.41, 5.74) is -0.424. The van der Waals surface area contributed by atoms with Gasteiger partial charge in [0.1, 0.15) is 0 Å². The van der Waals surface area contributed by atoms with Crippen LogP contribution < -0.4 is 0 Å². The Balaban J connectivity index is 1.50. The van der Waals surface area contributed by atoms with Crippen LogP contribution in [0.15, 0.2) is 28.8 Å². The van der Waals surface area contributed by atoms with Crippen LogP contribution in [0.1, 0.15) is 37.1 Å². The van der Waals surface area contributed by atoms with Gasteiger partial charge in [-0.1, -0.05) is 30.1 Å². The summed E-state index contributed by atoms with van der Waals surface area (Å²) in [6.45, 7) is 1.97. The molecule has 0 amide bonds. The Morgan fingerprint density at radius 2 is 2.04 bits per heavy atom. The fourth-order valence-electron chi connectivity index (χ4n) is 3.82. The van der Waals surface area contributed by atoms with Crippen LogP contribution in [0.4, 0.5) is 13.2 Å². The molecule has 2 atom stereocenters. The molecule has 4 rings (SSSR count). The lowest BCUT2D eigenvalue weighted by Gasteiger charge is -2.43. The van der Waals surface area contributed by atoms with E-state index in [1.165, 1.54) is 18.9 Å². The maximum Gasteiger partial charge on any atom is 0.416 e. The van der Waals surface area contributed by atoms with E-state index in [-0.39, 0.29) is 11.9 Å². The Morgan fingerprint density at radius 1 is 1.19 bits per heavy atom. The summed E-state index contributed by atoms with van der Waals surface area (Å²) in [5.74, 6) is 0.600. The molecule has 8 heteroatoms. The average Bonchev–Trinajstić information content (AvgIpc) is 3.10. The topological polar surface area (TPSA) is 51.4 Å². The first-order valence-electron chi connectivity index (χ1n) is 8.86. The second-order valence-electron chi connectivity index (χ2n) is 6.82. The second kappa shape index (κ2) is 7.00. The Bertz CT molecular complexity index is 760. The van der Waals surface area contributed by atoms with Crippen molar-refractivity contribution in [2.24, 2.45) is 0 Å². The first-order chi connectivity index (χ1) is 12.5. The first-order valence-corrected chi connectivity index (χ1v) is 8.86. The third kappa shape index (κ3) is 3.61. The number of nitrogens with zero attached hydrogens (tertiary/aromatic N) is 3. The van der Waals surface area contributed by atoms with E-state index in [2.05, 4.69) is 15.0 Å². The fourth-order valence-corrected chi connectivity index (χ4v) is 3.82. The molecule has 2 aliphatic rings. The van der Waals surface area contributed by atoms with E-state index in [1.807, 2.05) is 0 Å². The number of ether oxygens (including phenoxy) is 1. The Morgan fingerprint density at radius 3 is 2.88 bits per heavy atom. The minimum Gasteiger partial charge on any atom is -0.375 e. The molecular weight excluding hydrogens is 347 g/mol. The van der Waals surface area contributed by atoms with Crippen molar-refractivity contribution in [3.8, 4) is 11.4 Å². The van der Waals surface area contributed by atoms with E-state index in [4.69, 9.17) is 9.26 Å². The van der Waals surface area contributed by atoms with E-state index < -0.39 is 11.7 Å². The molecule has 0 spiro atoms. The number of aromatic nitrogens is 2. The second-order valence-corrected chi connectivity index (χ2v) is 6.82. The predicted molar refractivity (Wildman–Crippen MR) is 87.1 cm³/mol. The summed E-state index contributed by atoms with van der Waals surface area (Å²) in [6, 6.07) is 5.32. The van der Waals surface area contributed by atoms with Gasteiger partial charge >= 0.3 is 6.18 Å². The van der Waals surface area contributed by atoms with Crippen molar-refractivity contribution in [1.82, 2.24) is 15.0 Å². The molecule has 0 unspecified atom stereocenters. The molecule has 5 nitrogen and oxygen atoms in total. The van der Waals surface area contributed by atoms with Crippen molar-refractivity contribution in [3.63, 3.8) is 0 Å². The number of alkyl halides is 3. The van der Waals surface area contributed by atoms with Crippen molar-refractivity contribution in [3.05, 3.63) is 35.7 Å². The van der Waals surface area contributed by atoms with Gasteiger partial charge in [0.2, 0.25) is 11.7 Å².